The predicted molar refractivity (Wildman–Crippen MR) is 154 cm³/mol. The van der Waals surface area contributed by atoms with Gasteiger partial charge in [-0.15, -0.1) is 11.8 Å². The second-order valence-corrected chi connectivity index (χ2v) is 9.60. The first-order valence-corrected chi connectivity index (χ1v) is 12.9. The van der Waals surface area contributed by atoms with Crippen molar-refractivity contribution < 1.29 is 9.53 Å². The zero-order valence-corrected chi connectivity index (χ0v) is 21.4. The SMILES string of the molecule is CCC(Sc1cccc(NC(=S)Nc2ccccc2)c1)C(=O)Nc1ccc(Oc2ccccc2)cc1. The maximum Gasteiger partial charge on any atom is 0.237 e. The van der Waals surface area contributed by atoms with Crippen molar-refractivity contribution in [3.63, 3.8) is 0 Å². The third-order valence-corrected chi connectivity index (χ3v) is 6.73. The minimum absolute atomic E-state index is 0.0427. The van der Waals surface area contributed by atoms with Gasteiger partial charge in [0.25, 0.3) is 0 Å². The zero-order chi connectivity index (χ0) is 25.2. The Hall–Kier alpha value is -3.81. The van der Waals surface area contributed by atoms with Gasteiger partial charge in [-0.05, 0) is 85.4 Å². The van der Waals surface area contributed by atoms with Crippen LogP contribution in [0.3, 0.4) is 0 Å². The first kappa shape index (κ1) is 25.3. The van der Waals surface area contributed by atoms with Gasteiger partial charge in [0.15, 0.2) is 5.11 Å². The minimum atomic E-state index is -0.241. The van der Waals surface area contributed by atoms with E-state index in [2.05, 4.69) is 16.0 Å². The van der Waals surface area contributed by atoms with E-state index < -0.39 is 0 Å². The van der Waals surface area contributed by atoms with Crippen LogP contribution in [0.1, 0.15) is 13.3 Å². The number of hydrogen-bond acceptors (Lipinski definition) is 4. The summed E-state index contributed by atoms with van der Waals surface area (Å²) in [6.07, 6.45) is 0.692. The molecular formula is C29H27N3O2S2. The van der Waals surface area contributed by atoms with Crippen molar-refractivity contribution in [2.24, 2.45) is 0 Å². The molecular weight excluding hydrogens is 486 g/mol. The molecule has 0 radical (unpaired) electrons. The third kappa shape index (κ3) is 7.60. The largest absolute Gasteiger partial charge is 0.457 e. The van der Waals surface area contributed by atoms with Gasteiger partial charge in [-0.25, -0.2) is 0 Å². The standard InChI is InChI=1S/C29H27N3O2S2/c1-2-27(28(33)30-22-16-18-25(19-17-22)34-24-13-7-4-8-14-24)36-26-15-9-12-23(20-26)32-29(35)31-21-10-5-3-6-11-21/h3-20,27H,2H2,1H3,(H,30,33)(H2,31,32,35). The average molecular weight is 514 g/mol. The third-order valence-electron chi connectivity index (χ3n) is 5.17. The Bertz CT molecular complexity index is 1280. The molecule has 3 N–H and O–H groups in total. The highest BCUT2D eigenvalue weighted by Crippen LogP contribution is 2.29. The smallest absolute Gasteiger partial charge is 0.237 e. The Morgan fingerprint density at radius 2 is 1.33 bits per heavy atom. The molecule has 4 rings (SSSR count). The van der Waals surface area contributed by atoms with Crippen LogP contribution in [0.15, 0.2) is 114 Å². The summed E-state index contributed by atoms with van der Waals surface area (Å²) in [4.78, 5) is 14.0. The molecule has 1 atom stereocenters. The van der Waals surface area contributed by atoms with Crippen molar-refractivity contribution >= 4 is 52.1 Å². The van der Waals surface area contributed by atoms with E-state index in [1.54, 1.807) is 0 Å². The van der Waals surface area contributed by atoms with E-state index in [-0.39, 0.29) is 11.2 Å². The summed E-state index contributed by atoms with van der Waals surface area (Å²) in [5, 5.41) is 9.66. The van der Waals surface area contributed by atoms with Crippen molar-refractivity contribution in [2.45, 2.75) is 23.5 Å². The molecule has 4 aromatic carbocycles. The van der Waals surface area contributed by atoms with Gasteiger partial charge in [0.1, 0.15) is 11.5 Å². The Morgan fingerprint density at radius 1 is 0.750 bits per heavy atom. The van der Waals surface area contributed by atoms with E-state index in [0.29, 0.717) is 17.3 Å². The van der Waals surface area contributed by atoms with Gasteiger partial charge in [-0.3, -0.25) is 4.79 Å². The highest BCUT2D eigenvalue weighted by molar-refractivity contribution is 8.00. The molecule has 7 heteroatoms. The van der Waals surface area contributed by atoms with Crippen LogP contribution in [-0.4, -0.2) is 16.3 Å². The fourth-order valence-corrected chi connectivity index (χ4v) is 4.65. The number of para-hydroxylation sites is 2. The maximum absolute atomic E-state index is 13.0. The average Bonchev–Trinajstić information content (AvgIpc) is 2.89. The molecule has 0 fully saturated rings. The van der Waals surface area contributed by atoms with E-state index in [1.165, 1.54) is 11.8 Å². The van der Waals surface area contributed by atoms with Crippen molar-refractivity contribution in [1.29, 1.82) is 0 Å². The molecule has 0 saturated carbocycles. The fraction of sp³-hybridized carbons (Fsp3) is 0.103. The number of benzene rings is 4. The van der Waals surface area contributed by atoms with E-state index in [0.717, 1.165) is 27.7 Å². The lowest BCUT2D eigenvalue weighted by Gasteiger charge is -2.16. The number of anilines is 3. The summed E-state index contributed by atoms with van der Waals surface area (Å²) >= 11 is 6.96. The van der Waals surface area contributed by atoms with Crippen LogP contribution in [0.4, 0.5) is 17.1 Å². The van der Waals surface area contributed by atoms with Crippen LogP contribution in [0.2, 0.25) is 0 Å². The van der Waals surface area contributed by atoms with Gasteiger partial charge in [0, 0.05) is 22.0 Å². The number of hydrogen-bond donors (Lipinski definition) is 3. The predicted octanol–water partition coefficient (Wildman–Crippen LogP) is 7.80. The number of rotatable bonds is 9. The molecule has 0 heterocycles. The lowest BCUT2D eigenvalue weighted by molar-refractivity contribution is -0.115. The summed E-state index contributed by atoms with van der Waals surface area (Å²) in [6, 6.07) is 34.6. The quantitative estimate of drug-likeness (QED) is 0.157. The number of amides is 1. The van der Waals surface area contributed by atoms with Crippen LogP contribution in [0.5, 0.6) is 11.5 Å². The number of carbonyl (C=O) groups is 1. The summed E-state index contributed by atoms with van der Waals surface area (Å²) in [5.74, 6) is 1.44. The molecule has 182 valence electrons. The second kappa shape index (κ2) is 12.8. The summed E-state index contributed by atoms with van der Waals surface area (Å²) < 4.78 is 5.82. The highest BCUT2D eigenvalue weighted by Gasteiger charge is 2.18. The lowest BCUT2D eigenvalue weighted by atomic mass is 10.2. The van der Waals surface area contributed by atoms with E-state index in [1.807, 2.05) is 116 Å². The van der Waals surface area contributed by atoms with Crippen LogP contribution in [-0.2, 0) is 4.79 Å². The first-order chi connectivity index (χ1) is 17.6. The molecule has 1 unspecified atom stereocenters. The van der Waals surface area contributed by atoms with Gasteiger partial charge < -0.3 is 20.7 Å². The Labute approximate surface area is 221 Å². The Kier molecular flexibility index (Phi) is 8.97. The van der Waals surface area contributed by atoms with E-state index in [4.69, 9.17) is 17.0 Å². The molecule has 4 aromatic rings. The van der Waals surface area contributed by atoms with Crippen LogP contribution < -0.4 is 20.7 Å². The van der Waals surface area contributed by atoms with Crippen molar-refractivity contribution in [3.8, 4) is 11.5 Å². The Morgan fingerprint density at radius 3 is 2.03 bits per heavy atom. The monoisotopic (exact) mass is 513 g/mol. The number of carbonyl (C=O) groups excluding carboxylic acids is 1. The van der Waals surface area contributed by atoms with Gasteiger partial charge in [-0.1, -0.05) is 49.4 Å². The first-order valence-electron chi connectivity index (χ1n) is 11.6. The topological polar surface area (TPSA) is 62.4 Å². The van der Waals surface area contributed by atoms with Crippen LogP contribution >= 0.6 is 24.0 Å². The fourth-order valence-electron chi connectivity index (χ4n) is 3.40. The maximum atomic E-state index is 13.0. The molecule has 5 nitrogen and oxygen atoms in total. The number of thioether (sulfide) groups is 1. The van der Waals surface area contributed by atoms with E-state index in [9.17, 15) is 4.79 Å². The molecule has 0 aliphatic rings. The molecule has 0 saturated heterocycles. The van der Waals surface area contributed by atoms with Crippen molar-refractivity contribution in [3.05, 3.63) is 109 Å². The lowest BCUT2D eigenvalue weighted by Crippen LogP contribution is -2.24. The highest BCUT2D eigenvalue weighted by atomic mass is 32.2. The second-order valence-electron chi connectivity index (χ2n) is 7.92. The van der Waals surface area contributed by atoms with Gasteiger partial charge in [0.2, 0.25) is 5.91 Å². The van der Waals surface area contributed by atoms with Gasteiger partial charge >= 0.3 is 0 Å². The summed E-state index contributed by atoms with van der Waals surface area (Å²) in [6.45, 7) is 2.01. The van der Waals surface area contributed by atoms with Gasteiger partial charge in [0.05, 0.1) is 5.25 Å². The molecule has 0 aliphatic heterocycles. The molecule has 0 spiro atoms. The molecule has 1 amide bonds. The van der Waals surface area contributed by atoms with Crippen molar-refractivity contribution in [1.82, 2.24) is 0 Å². The van der Waals surface area contributed by atoms with Crippen LogP contribution in [0.25, 0.3) is 0 Å². The number of ether oxygens (including phenoxy) is 1. The van der Waals surface area contributed by atoms with Crippen molar-refractivity contribution in [2.75, 3.05) is 16.0 Å². The number of nitrogens with one attached hydrogen (secondary N) is 3. The molecule has 36 heavy (non-hydrogen) atoms. The van der Waals surface area contributed by atoms with E-state index >= 15 is 0 Å². The minimum Gasteiger partial charge on any atom is -0.457 e. The molecule has 0 aromatic heterocycles. The Balaban J connectivity index is 1.32. The summed E-state index contributed by atoms with van der Waals surface area (Å²) in [5.41, 5.74) is 2.51. The summed E-state index contributed by atoms with van der Waals surface area (Å²) in [7, 11) is 0. The zero-order valence-electron chi connectivity index (χ0n) is 19.8. The van der Waals surface area contributed by atoms with Crippen LogP contribution in [0, 0.1) is 0 Å². The van der Waals surface area contributed by atoms with Gasteiger partial charge in [-0.2, -0.15) is 0 Å². The number of thiocarbonyl (C=S) groups is 1. The normalized spacial score (nSPS) is 11.2. The molecule has 0 bridgehead atoms. The molecule has 0 aliphatic carbocycles.